The number of rotatable bonds is 7. The third-order valence-electron chi connectivity index (χ3n) is 2.80. The molecule has 0 saturated carbocycles. The SMILES string of the molecule is CCCC(Oc1cc(F)ccc1[C@@H](C)O)C(=O)OCC. The van der Waals surface area contributed by atoms with Gasteiger partial charge in [-0.25, -0.2) is 9.18 Å². The lowest BCUT2D eigenvalue weighted by atomic mass is 10.1. The molecule has 0 spiro atoms. The second-order valence-electron chi connectivity index (χ2n) is 4.51. The minimum Gasteiger partial charge on any atom is -0.478 e. The van der Waals surface area contributed by atoms with Crippen molar-refractivity contribution in [2.75, 3.05) is 6.61 Å². The number of carbonyl (C=O) groups is 1. The van der Waals surface area contributed by atoms with Crippen LogP contribution in [0.15, 0.2) is 18.2 Å². The molecule has 2 atom stereocenters. The molecule has 112 valence electrons. The molecule has 1 N–H and O–H groups in total. The van der Waals surface area contributed by atoms with E-state index < -0.39 is 24.0 Å². The van der Waals surface area contributed by atoms with E-state index in [9.17, 15) is 14.3 Å². The van der Waals surface area contributed by atoms with Crippen molar-refractivity contribution in [3.63, 3.8) is 0 Å². The second-order valence-corrected chi connectivity index (χ2v) is 4.51. The van der Waals surface area contributed by atoms with Gasteiger partial charge < -0.3 is 14.6 Å². The van der Waals surface area contributed by atoms with Crippen LogP contribution in [0.3, 0.4) is 0 Å². The molecule has 0 aliphatic rings. The summed E-state index contributed by atoms with van der Waals surface area (Å²) in [5.41, 5.74) is 0.441. The van der Waals surface area contributed by atoms with Gasteiger partial charge in [0.2, 0.25) is 0 Å². The van der Waals surface area contributed by atoms with Crippen molar-refractivity contribution in [2.24, 2.45) is 0 Å². The molecule has 0 bridgehead atoms. The molecule has 0 heterocycles. The lowest BCUT2D eigenvalue weighted by molar-refractivity contribution is -0.151. The number of aliphatic hydroxyl groups excluding tert-OH is 1. The standard InChI is InChI=1S/C15H21FO4/c1-4-6-13(15(18)19-5-2)20-14-9-11(16)7-8-12(14)10(3)17/h7-10,13,17H,4-6H2,1-3H3/t10-,13?/m1/s1. The summed E-state index contributed by atoms with van der Waals surface area (Å²) in [5, 5.41) is 9.66. The molecule has 5 heteroatoms. The maximum Gasteiger partial charge on any atom is 0.347 e. The topological polar surface area (TPSA) is 55.8 Å². The summed E-state index contributed by atoms with van der Waals surface area (Å²) in [6.07, 6.45) is -0.411. The molecule has 0 amide bonds. The van der Waals surface area contributed by atoms with Crippen LogP contribution < -0.4 is 4.74 Å². The van der Waals surface area contributed by atoms with Gasteiger partial charge in [-0.3, -0.25) is 0 Å². The van der Waals surface area contributed by atoms with Gasteiger partial charge >= 0.3 is 5.97 Å². The molecule has 1 unspecified atom stereocenters. The lowest BCUT2D eigenvalue weighted by Crippen LogP contribution is -2.29. The fraction of sp³-hybridized carbons (Fsp3) is 0.533. The van der Waals surface area contributed by atoms with Crippen LogP contribution in [0.2, 0.25) is 0 Å². The molecule has 1 aromatic rings. The highest BCUT2D eigenvalue weighted by molar-refractivity contribution is 5.75. The van der Waals surface area contributed by atoms with Crippen LogP contribution in [-0.4, -0.2) is 23.8 Å². The summed E-state index contributed by atoms with van der Waals surface area (Å²) in [7, 11) is 0. The van der Waals surface area contributed by atoms with Crippen molar-refractivity contribution in [1.82, 2.24) is 0 Å². The highest BCUT2D eigenvalue weighted by Crippen LogP contribution is 2.27. The Balaban J connectivity index is 2.97. The van der Waals surface area contributed by atoms with Gasteiger partial charge in [-0.15, -0.1) is 0 Å². The minimum absolute atomic E-state index is 0.173. The molecule has 20 heavy (non-hydrogen) atoms. The summed E-state index contributed by atoms with van der Waals surface area (Å²) >= 11 is 0. The van der Waals surface area contributed by atoms with Crippen molar-refractivity contribution in [3.8, 4) is 5.75 Å². The first-order chi connectivity index (χ1) is 9.49. The molecular formula is C15H21FO4. The number of ether oxygens (including phenoxy) is 2. The first-order valence-electron chi connectivity index (χ1n) is 6.80. The van der Waals surface area contributed by atoms with E-state index in [1.807, 2.05) is 6.92 Å². The molecule has 0 radical (unpaired) electrons. The summed E-state index contributed by atoms with van der Waals surface area (Å²) in [4.78, 5) is 11.8. The van der Waals surface area contributed by atoms with E-state index in [-0.39, 0.29) is 12.4 Å². The van der Waals surface area contributed by atoms with Crippen LogP contribution >= 0.6 is 0 Å². The Morgan fingerprint density at radius 3 is 2.65 bits per heavy atom. The van der Waals surface area contributed by atoms with E-state index in [2.05, 4.69) is 0 Å². The largest absolute Gasteiger partial charge is 0.478 e. The number of hydrogen-bond donors (Lipinski definition) is 1. The lowest BCUT2D eigenvalue weighted by Gasteiger charge is -2.20. The Bertz CT molecular complexity index is 445. The van der Waals surface area contributed by atoms with Crippen LogP contribution in [0.25, 0.3) is 0 Å². The Morgan fingerprint density at radius 1 is 1.40 bits per heavy atom. The van der Waals surface area contributed by atoms with Gasteiger partial charge in [-0.05, 0) is 32.4 Å². The van der Waals surface area contributed by atoms with Gasteiger partial charge in [0.05, 0.1) is 12.7 Å². The quantitative estimate of drug-likeness (QED) is 0.782. The monoisotopic (exact) mass is 284 g/mol. The third-order valence-corrected chi connectivity index (χ3v) is 2.80. The molecule has 0 saturated heterocycles. The molecular weight excluding hydrogens is 263 g/mol. The van der Waals surface area contributed by atoms with Crippen molar-refractivity contribution < 1.29 is 23.8 Å². The number of hydrogen-bond acceptors (Lipinski definition) is 4. The van der Waals surface area contributed by atoms with Gasteiger partial charge in [0, 0.05) is 11.6 Å². The molecule has 0 aliphatic carbocycles. The van der Waals surface area contributed by atoms with E-state index in [1.54, 1.807) is 13.8 Å². The highest BCUT2D eigenvalue weighted by atomic mass is 19.1. The summed E-state index contributed by atoms with van der Waals surface area (Å²) in [5.74, 6) is -0.787. The molecule has 1 rings (SSSR count). The molecule has 4 nitrogen and oxygen atoms in total. The number of aliphatic hydroxyl groups is 1. The predicted molar refractivity (Wildman–Crippen MR) is 73.0 cm³/mol. The fourth-order valence-corrected chi connectivity index (χ4v) is 1.83. The van der Waals surface area contributed by atoms with Crippen molar-refractivity contribution >= 4 is 5.97 Å². The van der Waals surface area contributed by atoms with Crippen LogP contribution in [0.1, 0.15) is 45.3 Å². The average molecular weight is 284 g/mol. The molecule has 0 fully saturated rings. The Labute approximate surface area is 118 Å². The zero-order chi connectivity index (χ0) is 15.1. The van der Waals surface area contributed by atoms with E-state index in [0.29, 0.717) is 12.0 Å². The van der Waals surface area contributed by atoms with Crippen LogP contribution in [0.5, 0.6) is 5.75 Å². The minimum atomic E-state index is -0.810. The van der Waals surface area contributed by atoms with Crippen molar-refractivity contribution in [1.29, 1.82) is 0 Å². The first kappa shape index (κ1) is 16.4. The summed E-state index contributed by atoms with van der Waals surface area (Å²) in [6, 6.07) is 3.86. The first-order valence-corrected chi connectivity index (χ1v) is 6.80. The normalized spacial score (nSPS) is 13.7. The number of halogens is 1. The van der Waals surface area contributed by atoms with Crippen molar-refractivity contribution in [2.45, 2.75) is 45.8 Å². The number of esters is 1. The van der Waals surface area contributed by atoms with E-state index in [1.165, 1.54) is 18.2 Å². The second kappa shape index (κ2) is 7.85. The molecule has 0 aliphatic heterocycles. The van der Waals surface area contributed by atoms with Crippen LogP contribution in [-0.2, 0) is 9.53 Å². The zero-order valence-corrected chi connectivity index (χ0v) is 12.1. The van der Waals surface area contributed by atoms with Crippen LogP contribution in [0, 0.1) is 5.82 Å². The summed E-state index contributed by atoms with van der Waals surface area (Å²) < 4.78 is 23.8. The molecule has 0 aromatic heterocycles. The zero-order valence-electron chi connectivity index (χ0n) is 12.1. The van der Waals surface area contributed by atoms with Gasteiger partial charge in [0.25, 0.3) is 0 Å². The van der Waals surface area contributed by atoms with Crippen LogP contribution in [0.4, 0.5) is 4.39 Å². The molecule has 1 aromatic carbocycles. The van der Waals surface area contributed by atoms with E-state index in [4.69, 9.17) is 9.47 Å². The number of benzene rings is 1. The average Bonchev–Trinajstić information content (AvgIpc) is 2.38. The predicted octanol–water partition coefficient (Wildman–Crippen LogP) is 2.99. The van der Waals surface area contributed by atoms with E-state index >= 15 is 0 Å². The highest BCUT2D eigenvalue weighted by Gasteiger charge is 2.23. The summed E-state index contributed by atoms with van der Waals surface area (Å²) in [6.45, 7) is 5.44. The Hall–Kier alpha value is -1.62. The van der Waals surface area contributed by atoms with Crippen molar-refractivity contribution in [3.05, 3.63) is 29.6 Å². The number of carbonyl (C=O) groups excluding carboxylic acids is 1. The van der Waals surface area contributed by atoms with Gasteiger partial charge in [0.1, 0.15) is 11.6 Å². The van der Waals surface area contributed by atoms with Gasteiger partial charge in [-0.2, -0.15) is 0 Å². The fourth-order valence-electron chi connectivity index (χ4n) is 1.83. The maximum absolute atomic E-state index is 13.3. The Morgan fingerprint density at radius 2 is 2.10 bits per heavy atom. The smallest absolute Gasteiger partial charge is 0.347 e. The Kier molecular flexibility index (Phi) is 6.45. The third kappa shape index (κ3) is 4.49. The van der Waals surface area contributed by atoms with Gasteiger partial charge in [-0.1, -0.05) is 13.3 Å². The maximum atomic E-state index is 13.3. The van der Waals surface area contributed by atoms with Gasteiger partial charge in [0.15, 0.2) is 6.10 Å². The van der Waals surface area contributed by atoms with E-state index in [0.717, 1.165) is 6.42 Å².